The van der Waals surface area contributed by atoms with E-state index in [9.17, 15) is 24.8 Å². The first-order valence-corrected chi connectivity index (χ1v) is 10.8. The number of aromatic nitrogens is 1. The lowest BCUT2D eigenvalue weighted by Gasteiger charge is -2.40. The van der Waals surface area contributed by atoms with Gasteiger partial charge in [0.1, 0.15) is 30.5 Å². The molecule has 2 aromatic heterocycles. The molecule has 0 aliphatic carbocycles. The molecule has 8 heteroatoms. The van der Waals surface area contributed by atoms with E-state index in [1.807, 2.05) is 37.3 Å². The maximum atomic E-state index is 13.4. The molecule has 1 saturated heterocycles. The molecule has 31 heavy (non-hydrogen) atoms. The van der Waals surface area contributed by atoms with E-state index < -0.39 is 43.1 Å². The maximum absolute atomic E-state index is 13.4. The van der Waals surface area contributed by atoms with Gasteiger partial charge in [-0.1, -0.05) is 24.3 Å². The lowest BCUT2D eigenvalue weighted by molar-refractivity contribution is -0.231. The van der Waals surface area contributed by atoms with Gasteiger partial charge in [-0.05, 0) is 47.9 Å². The third-order valence-electron chi connectivity index (χ3n) is 5.59. The molecule has 0 spiro atoms. The highest BCUT2D eigenvalue weighted by Gasteiger charge is 2.43. The SMILES string of the molecule is Cc1ccc([C@@H]2O[C@H](CO)[C@@H](O)[C@H](O)[C@H]2O)cc1Cc1ccc(-c2cccc(F)n2)s1. The molecule has 0 radical (unpaired) electrons. The summed E-state index contributed by atoms with van der Waals surface area (Å²) in [7, 11) is 0. The Kier molecular flexibility index (Phi) is 6.47. The molecule has 0 bridgehead atoms. The van der Waals surface area contributed by atoms with Crippen LogP contribution in [0.15, 0.2) is 48.5 Å². The molecule has 0 saturated carbocycles. The van der Waals surface area contributed by atoms with Gasteiger partial charge in [0.15, 0.2) is 0 Å². The fourth-order valence-corrected chi connectivity index (χ4v) is 4.78. The Morgan fingerprint density at radius 1 is 1.03 bits per heavy atom. The predicted octanol–water partition coefficient (Wildman–Crippen LogP) is 2.36. The monoisotopic (exact) mass is 445 g/mol. The highest BCUT2D eigenvalue weighted by molar-refractivity contribution is 7.15. The molecule has 0 unspecified atom stereocenters. The lowest BCUT2D eigenvalue weighted by atomic mass is 9.89. The van der Waals surface area contributed by atoms with E-state index in [2.05, 4.69) is 4.98 Å². The third kappa shape index (κ3) is 4.55. The summed E-state index contributed by atoms with van der Waals surface area (Å²) in [4.78, 5) is 5.87. The summed E-state index contributed by atoms with van der Waals surface area (Å²) in [5.41, 5.74) is 3.30. The summed E-state index contributed by atoms with van der Waals surface area (Å²) in [6, 6.07) is 14.2. The van der Waals surface area contributed by atoms with Crippen LogP contribution in [0.5, 0.6) is 0 Å². The Morgan fingerprint density at radius 2 is 1.84 bits per heavy atom. The molecule has 4 N–H and O–H groups in total. The highest BCUT2D eigenvalue weighted by atomic mass is 32.1. The van der Waals surface area contributed by atoms with E-state index in [1.54, 1.807) is 12.1 Å². The second-order valence-corrected chi connectivity index (χ2v) is 8.89. The summed E-state index contributed by atoms with van der Waals surface area (Å²) >= 11 is 1.53. The fraction of sp³-hybridized carbons (Fsp3) is 0.348. The molecule has 5 atom stereocenters. The van der Waals surface area contributed by atoms with Crippen LogP contribution >= 0.6 is 11.3 Å². The van der Waals surface area contributed by atoms with Crippen LogP contribution in [0.1, 0.15) is 27.7 Å². The Morgan fingerprint density at radius 3 is 2.58 bits per heavy atom. The normalized spacial score (nSPS) is 26.2. The number of ether oxygens (including phenoxy) is 1. The van der Waals surface area contributed by atoms with Crippen molar-refractivity contribution in [1.82, 2.24) is 4.98 Å². The van der Waals surface area contributed by atoms with Crippen LogP contribution in [0.4, 0.5) is 4.39 Å². The first kappa shape index (κ1) is 22.0. The number of aliphatic hydroxyl groups excluding tert-OH is 4. The van der Waals surface area contributed by atoms with Crippen LogP contribution in [-0.4, -0.2) is 56.4 Å². The van der Waals surface area contributed by atoms with Gasteiger partial charge in [-0.3, -0.25) is 0 Å². The second kappa shape index (κ2) is 9.12. The van der Waals surface area contributed by atoms with Crippen LogP contribution in [0.25, 0.3) is 10.6 Å². The Hall–Kier alpha value is -2.20. The first-order valence-electron chi connectivity index (χ1n) is 9.99. The summed E-state index contributed by atoms with van der Waals surface area (Å²) in [5.74, 6) is -0.518. The van der Waals surface area contributed by atoms with Crippen molar-refractivity contribution in [3.05, 3.63) is 76.0 Å². The van der Waals surface area contributed by atoms with Crippen LogP contribution in [-0.2, 0) is 11.2 Å². The molecule has 6 nitrogen and oxygen atoms in total. The summed E-state index contributed by atoms with van der Waals surface area (Å²) < 4.78 is 19.1. The molecule has 1 fully saturated rings. The molecule has 1 aliphatic heterocycles. The van der Waals surface area contributed by atoms with Gasteiger partial charge in [0.2, 0.25) is 5.95 Å². The largest absolute Gasteiger partial charge is 0.394 e. The number of hydrogen-bond acceptors (Lipinski definition) is 7. The van der Waals surface area contributed by atoms with E-state index >= 15 is 0 Å². The van der Waals surface area contributed by atoms with Gasteiger partial charge < -0.3 is 25.2 Å². The van der Waals surface area contributed by atoms with E-state index in [0.717, 1.165) is 20.9 Å². The van der Waals surface area contributed by atoms with Crippen molar-refractivity contribution in [3.8, 4) is 10.6 Å². The minimum atomic E-state index is -1.42. The van der Waals surface area contributed by atoms with Crippen LogP contribution < -0.4 is 0 Å². The molecular formula is C23H24FNO5S. The van der Waals surface area contributed by atoms with Gasteiger partial charge >= 0.3 is 0 Å². The average Bonchev–Trinajstić information content (AvgIpc) is 3.23. The Bertz CT molecular complexity index is 1060. The predicted molar refractivity (Wildman–Crippen MR) is 114 cm³/mol. The molecule has 3 heterocycles. The molecule has 4 rings (SSSR count). The van der Waals surface area contributed by atoms with E-state index in [-0.39, 0.29) is 0 Å². The van der Waals surface area contributed by atoms with E-state index in [1.165, 1.54) is 17.4 Å². The fourth-order valence-electron chi connectivity index (χ4n) is 3.78. The maximum Gasteiger partial charge on any atom is 0.213 e. The standard InChI is InChI=1S/C23H24FNO5S/c1-12-5-6-13(23-22(29)21(28)20(27)17(11-26)30-23)9-14(12)10-15-7-8-18(31-15)16-3-2-4-19(24)25-16/h2-9,17,20-23,26-29H,10-11H2,1H3/t17-,20-,21+,22-,23+/m1/s1. The number of benzene rings is 1. The summed E-state index contributed by atoms with van der Waals surface area (Å²) in [6.45, 7) is 1.52. The quantitative estimate of drug-likeness (QED) is 0.450. The highest BCUT2D eigenvalue weighted by Crippen LogP contribution is 2.34. The Balaban J connectivity index is 1.58. The third-order valence-corrected chi connectivity index (χ3v) is 6.70. The molecular weight excluding hydrogens is 421 g/mol. The van der Waals surface area contributed by atoms with Crippen molar-refractivity contribution in [2.24, 2.45) is 0 Å². The van der Waals surface area contributed by atoms with Crippen molar-refractivity contribution >= 4 is 11.3 Å². The van der Waals surface area contributed by atoms with E-state index in [0.29, 0.717) is 17.7 Å². The van der Waals surface area contributed by atoms with Crippen molar-refractivity contribution in [2.75, 3.05) is 6.61 Å². The number of aliphatic hydroxyl groups is 4. The summed E-state index contributed by atoms with van der Waals surface area (Å²) in [6.07, 6.45) is -5.32. The minimum absolute atomic E-state index is 0.466. The molecule has 0 amide bonds. The molecule has 164 valence electrons. The van der Waals surface area contributed by atoms with Crippen molar-refractivity contribution in [1.29, 1.82) is 0 Å². The van der Waals surface area contributed by atoms with Crippen molar-refractivity contribution in [2.45, 2.75) is 43.9 Å². The second-order valence-electron chi connectivity index (χ2n) is 7.72. The number of aryl methyl sites for hydroxylation is 1. The zero-order valence-corrected chi connectivity index (χ0v) is 17.7. The number of pyridine rings is 1. The van der Waals surface area contributed by atoms with Crippen molar-refractivity contribution in [3.63, 3.8) is 0 Å². The number of rotatable bonds is 5. The molecule has 1 aromatic carbocycles. The number of thiophene rings is 1. The number of halogens is 1. The van der Waals surface area contributed by atoms with Gasteiger partial charge in [0.25, 0.3) is 0 Å². The topological polar surface area (TPSA) is 103 Å². The van der Waals surface area contributed by atoms with Gasteiger partial charge in [-0.2, -0.15) is 4.39 Å². The van der Waals surface area contributed by atoms with Gasteiger partial charge in [0.05, 0.1) is 17.2 Å². The van der Waals surface area contributed by atoms with E-state index in [4.69, 9.17) is 4.74 Å². The Labute approximate surface area is 183 Å². The number of nitrogens with zero attached hydrogens (tertiary/aromatic N) is 1. The van der Waals surface area contributed by atoms with Gasteiger partial charge in [-0.25, -0.2) is 4.98 Å². The van der Waals surface area contributed by atoms with Crippen LogP contribution in [0.3, 0.4) is 0 Å². The zero-order chi connectivity index (χ0) is 22.1. The first-order chi connectivity index (χ1) is 14.9. The van der Waals surface area contributed by atoms with Crippen LogP contribution in [0, 0.1) is 12.9 Å². The lowest BCUT2D eigenvalue weighted by Crippen LogP contribution is -2.55. The van der Waals surface area contributed by atoms with Gasteiger partial charge in [-0.15, -0.1) is 11.3 Å². The van der Waals surface area contributed by atoms with Gasteiger partial charge in [0, 0.05) is 11.3 Å². The zero-order valence-electron chi connectivity index (χ0n) is 16.9. The number of hydrogen-bond donors (Lipinski definition) is 4. The van der Waals surface area contributed by atoms with Crippen molar-refractivity contribution < 1.29 is 29.6 Å². The molecule has 1 aliphatic rings. The molecule has 3 aromatic rings. The minimum Gasteiger partial charge on any atom is -0.394 e. The smallest absolute Gasteiger partial charge is 0.213 e. The average molecular weight is 446 g/mol. The van der Waals surface area contributed by atoms with Crippen LogP contribution in [0.2, 0.25) is 0 Å². The summed E-state index contributed by atoms with van der Waals surface area (Å²) in [5, 5.41) is 40.0.